The maximum atomic E-state index is 11.5. The number of hydrogen-bond acceptors (Lipinski definition) is 5. The van der Waals surface area contributed by atoms with Crippen molar-refractivity contribution in [3.63, 3.8) is 0 Å². The van der Waals surface area contributed by atoms with Crippen LogP contribution in [0.3, 0.4) is 0 Å². The molecule has 0 saturated carbocycles. The first-order valence-electron chi connectivity index (χ1n) is 4.92. The van der Waals surface area contributed by atoms with Crippen molar-refractivity contribution in [1.29, 1.82) is 0 Å². The molecule has 0 atom stereocenters. The Hall–Kier alpha value is -1.96. The van der Waals surface area contributed by atoms with Crippen molar-refractivity contribution in [3.05, 3.63) is 29.6 Å². The summed E-state index contributed by atoms with van der Waals surface area (Å²) in [4.78, 5) is 33.8. The standard InChI is InChI=1S/C11H11NO6.BrH/c1-17-10(15)7-4-3-5-8(11(16)18-2)12(7)6-9(13)14;/h3-5H,6H2,1-2H3;1H. The molecule has 8 heteroatoms. The van der Waals surface area contributed by atoms with E-state index in [2.05, 4.69) is 9.47 Å². The number of carbonyl (C=O) groups is 3. The van der Waals surface area contributed by atoms with Gasteiger partial charge in [-0.2, -0.15) is 4.57 Å². The topological polar surface area (TPSA) is 93.8 Å². The molecule has 0 aliphatic heterocycles. The lowest BCUT2D eigenvalue weighted by Gasteiger charge is -2.04. The van der Waals surface area contributed by atoms with E-state index in [0.29, 0.717) is 0 Å². The van der Waals surface area contributed by atoms with Gasteiger partial charge in [0.15, 0.2) is 0 Å². The summed E-state index contributed by atoms with van der Waals surface area (Å²) < 4.78 is 10.1. The van der Waals surface area contributed by atoms with Gasteiger partial charge in [0, 0.05) is 12.1 Å². The Balaban J connectivity index is 0.00000324. The normalized spacial score (nSPS) is 9.16. The lowest BCUT2D eigenvalue weighted by atomic mass is 10.2. The van der Waals surface area contributed by atoms with Gasteiger partial charge < -0.3 is 31.6 Å². The Morgan fingerprint density at radius 2 is 1.53 bits per heavy atom. The molecule has 1 rings (SSSR count). The van der Waals surface area contributed by atoms with Crippen LogP contribution in [0.4, 0.5) is 0 Å². The summed E-state index contributed by atoms with van der Waals surface area (Å²) in [5.74, 6) is -2.66. The number of carbonyl (C=O) groups excluding carboxylic acids is 2. The maximum absolute atomic E-state index is 11.5. The highest BCUT2D eigenvalue weighted by Gasteiger charge is 2.29. The van der Waals surface area contributed by atoms with Gasteiger partial charge in [0.05, 0.1) is 14.2 Å². The molecule has 0 radical (unpaired) electrons. The summed E-state index contributed by atoms with van der Waals surface area (Å²) >= 11 is 0. The second kappa shape index (κ2) is 7.47. The second-order valence-electron chi connectivity index (χ2n) is 3.26. The number of hydrogen-bond donors (Lipinski definition) is 1. The van der Waals surface area contributed by atoms with E-state index in [-0.39, 0.29) is 28.4 Å². The zero-order valence-corrected chi connectivity index (χ0v) is 11.8. The Bertz CT molecular complexity index is 468. The third kappa shape index (κ3) is 4.02. The van der Waals surface area contributed by atoms with Gasteiger partial charge in [-0.05, 0) is 6.07 Å². The minimum atomic E-state index is -1.19. The number of aliphatic carboxylic acids is 1. The molecule has 1 N–H and O–H groups in total. The highest BCUT2D eigenvalue weighted by atomic mass is 79.9. The van der Waals surface area contributed by atoms with E-state index in [4.69, 9.17) is 5.11 Å². The van der Waals surface area contributed by atoms with Crippen molar-refractivity contribution < 1.29 is 50.5 Å². The van der Waals surface area contributed by atoms with Crippen LogP contribution in [-0.2, 0) is 20.8 Å². The maximum Gasteiger partial charge on any atom is 0.403 e. The molecule has 1 aromatic heterocycles. The van der Waals surface area contributed by atoms with Gasteiger partial charge in [-0.1, -0.05) is 0 Å². The van der Waals surface area contributed by atoms with Gasteiger partial charge in [-0.25, -0.2) is 14.4 Å². The summed E-state index contributed by atoms with van der Waals surface area (Å²) in [7, 11) is 2.33. The molecule has 1 heterocycles. The van der Waals surface area contributed by atoms with E-state index >= 15 is 0 Å². The number of methoxy groups -OCH3 is 2. The summed E-state index contributed by atoms with van der Waals surface area (Å²) in [5.41, 5.74) is -0.0781. The Morgan fingerprint density at radius 1 is 1.11 bits per heavy atom. The molecule has 0 spiro atoms. The van der Waals surface area contributed by atoms with Gasteiger partial charge in [-0.3, -0.25) is 0 Å². The molecule has 0 saturated heterocycles. The van der Waals surface area contributed by atoms with Crippen molar-refractivity contribution in [2.75, 3.05) is 14.2 Å². The number of carboxylic acids is 1. The number of esters is 2. The van der Waals surface area contributed by atoms with Crippen molar-refractivity contribution in [2.24, 2.45) is 0 Å². The minimum absolute atomic E-state index is 0. The van der Waals surface area contributed by atoms with Crippen LogP contribution in [-0.4, -0.2) is 37.2 Å². The minimum Gasteiger partial charge on any atom is -1.00 e. The molecular formula is C11H12BrNO6. The van der Waals surface area contributed by atoms with Gasteiger partial charge in [0.2, 0.25) is 6.54 Å². The monoisotopic (exact) mass is 333 g/mol. The zero-order chi connectivity index (χ0) is 13.7. The van der Waals surface area contributed by atoms with Crippen molar-refractivity contribution >= 4 is 17.9 Å². The average molecular weight is 334 g/mol. The Kier molecular flexibility index (Phi) is 6.70. The number of aromatic nitrogens is 1. The lowest BCUT2D eigenvalue weighted by Crippen LogP contribution is -3.00. The molecule has 0 aromatic carbocycles. The fraction of sp³-hybridized carbons (Fsp3) is 0.273. The average Bonchev–Trinajstić information content (AvgIpc) is 2.36. The molecule has 19 heavy (non-hydrogen) atoms. The van der Waals surface area contributed by atoms with E-state index in [1.54, 1.807) is 0 Å². The number of halogens is 1. The summed E-state index contributed by atoms with van der Waals surface area (Å²) in [6.07, 6.45) is 0. The quantitative estimate of drug-likeness (QED) is 0.457. The Morgan fingerprint density at radius 3 is 1.84 bits per heavy atom. The molecule has 1 aromatic rings. The van der Waals surface area contributed by atoms with Crippen LogP contribution < -0.4 is 21.5 Å². The first kappa shape index (κ1) is 17.0. The predicted octanol–water partition coefficient (Wildman–Crippen LogP) is -3.36. The van der Waals surface area contributed by atoms with E-state index < -0.39 is 24.5 Å². The van der Waals surface area contributed by atoms with Crippen LogP contribution in [0.1, 0.15) is 21.0 Å². The van der Waals surface area contributed by atoms with Crippen molar-refractivity contribution in [2.45, 2.75) is 6.54 Å². The fourth-order valence-corrected chi connectivity index (χ4v) is 1.41. The smallest absolute Gasteiger partial charge is 0.403 e. The Labute approximate surface area is 119 Å². The van der Waals surface area contributed by atoms with E-state index in [0.717, 1.165) is 18.8 Å². The van der Waals surface area contributed by atoms with Gasteiger partial charge >= 0.3 is 17.9 Å². The molecule has 0 amide bonds. The van der Waals surface area contributed by atoms with Crippen molar-refractivity contribution in [3.8, 4) is 0 Å². The van der Waals surface area contributed by atoms with Crippen LogP contribution in [0.2, 0.25) is 0 Å². The molecule has 7 nitrogen and oxygen atoms in total. The summed E-state index contributed by atoms with van der Waals surface area (Å²) in [6, 6.07) is 4.17. The molecule has 0 unspecified atom stereocenters. The molecule has 0 fully saturated rings. The first-order chi connectivity index (χ1) is 8.51. The largest absolute Gasteiger partial charge is 1.00 e. The number of rotatable bonds is 4. The van der Waals surface area contributed by atoms with Crippen LogP contribution in [0.25, 0.3) is 0 Å². The second-order valence-corrected chi connectivity index (χ2v) is 3.26. The van der Waals surface area contributed by atoms with Gasteiger partial charge in [0.25, 0.3) is 11.4 Å². The molecule has 104 valence electrons. The molecule has 0 aliphatic carbocycles. The van der Waals surface area contributed by atoms with Gasteiger partial charge in [-0.15, -0.1) is 0 Å². The number of carboxylic acid groups (broad SMARTS) is 1. The summed E-state index contributed by atoms with van der Waals surface area (Å²) in [5, 5.41) is 8.80. The van der Waals surface area contributed by atoms with Crippen LogP contribution >= 0.6 is 0 Å². The number of ether oxygens (including phenoxy) is 2. The third-order valence-corrected chi connectivity index (χ3v) is 2.17. The molecular weight excluding hydrogens is 322 g/mol. The van der Waals surface area contributed by atoms with Gasteiger partial charge in [0.1, 0.15) is 0 Å². The summed E-state index contributed by atoms with van der Waals surface area (Å²) in [6.45, 7) is -0.546. The van der Waals surface area contributed by atoms with E-state index in [1.165, 1.54) is 18.2 Å². The number of nitrogens with zero attached hydrogens (tertiary/aromatic N) is 1. The third-order valence-electron chi connectivity index (χ3n) is 2.17. The van der Waals surface area contributed by atoms with Crippen LogP contribution in [0.15, 0.2) is 18.2 Å². The predicted molar refractivity (Wildman–Crippen MR) is 57.0 cm³/mol. The first-order valence-corrected chi connectivity index (χ1v) is 4.92. The molecule has 0 bridgehead atoms. The highest BCUT2D eigenvalue weighted by Crippen LogP contribution is 2.01. The zero-order valence-electron chi connectivity index (χ0n) is 10.3. The van der Waals surface area contributed by atoms with Crippen LogP contribution in [0.5, 0.6) is 0 Å². The van der Waals surface area contributed by atoms with Crippen LogP contribution in [0, 0.1) is 0 Å². The van der Waals surface area contributed by atoms with Crippen molar-refractivity contribution in [1.82, 2.24) is 0 Å². The fourth-order valence-electron chi connectivity index (χ4n) is 1.41. The van der Waals surface area contributed by atoms with E-state index in [9.17, 15) is 14.4 Å². The lowest BCUT2D eigenvalue weighted by molar-refractivity contribution is -0.690. The molecule has 0 aliphatic rings. The SMILES string of the molecule is COC(=O)c1cccc(C(=O)OC)[n+]1CC(=O)O.[Br-]. The number of pyridine rings is 1. The van der Waals surface area contributed by atoms with E-state index in [1.807, 2.05) is 0 Å². The highest BCUT2D eigenvalue weighted by molar-refractivity contribution is 5.89.